The first-order valence-corrected chi connectivity index (χ1v) is 13.8. The Morgan fingerprint density at radius 1 is 1.20 bits per heavy atom. The third-order valence-corrected chi connectivity index (χ3v) is 8.16. The molecule has 10 heteroatoms. The van der Waals surface area contributed by atoms with Crippen molar-refractivity contribution in [3.8, 4) is 11.4 Å². The summed E-state index contributed by atoms with van der Waals surface area (Å²) in [6.45, 7) is 1.76. The van der Waals surface area contributed by atoms with E-state index in [4.69, 9.17) is 4.74 Å². The molecule has 0 spiro atoms. The molecule has 6 nitrogen and oxygen atoms in total. The van der Waals surface area contributed by atoms with Crippen LogP contribution in [0, 0.1) is 11.7 Å². The number of fused-ring (bicyclic) bond motifs is 1. The van der Waals surface area contributed by atoms with Gasteiger partial charge in [0.15, 0.2) is 0 Å². The first kappa shape index (κ1) is 28.9. The van der Waals surface area contributed by atoms with Crippen molar-refractivity contribution in [1.29, 1.82) is 0 Å². The second-order valence-electron chi connectivity index (χ2n) is 10.8. The summed E-state index contributed by atoms with van der Waals surface area (Å²) in [4.78, 5) is 15.4. The van der Waals surface area contributed by atoms with Crippen LogP contribution < -0.4 is 4.74 Å². The Morgan fingerprint density at radius 3 is 2.63 bits per heavy atom. The van der Waals surface area contributed by atoms with Crippen molar-refractivity contribution < 1.29 is 32.2 Å². The Labute approximate surface area is 236 Å². The first-order chi connectivity index (χ1) is 19.6. The van der Waals surface area contributed by atoms with Crippen molar-refractivity contribution in [2.75, 3.05) is 20.2 Å². The summed E-state index contributed by atoms with van der Waals surface area (Å²) in [7, 11) is 1.54. The Balaban J connectivity index is 1.39. The van der Waals surface area contributed by atoms with Crippen LogP contribution in [0.15, 0.2) is 65.9 Å². The Hall–Kier alpha value is -3.66. The van der Waals surface area contributed by atoms with Crippen LogP contribution in [0.5, 0.6) is 5.75 Å². The molecule has 1 amide bonds. The zero-order chi connectivity index (χ0) is 29.3. The molecule has 0 radical (unpaired) electrons. The van der Waals surface area contributed by atoms with E-state index in [0.717, 1.165) is 33.7 Å². The highest BCUT2D eigenvalue weighted by molar-refractivity contribution is 5.83. The summed E-state index contributed by atoms with van der Waals surface area (Å²) >= 11 is 0. The van der Waals surface area contributed by atoms with E-state index < -0.39 is 31.2 Å². The molecule has 0 fully saturated rings. The molecule has 218 valence electrons. The number of hydrogen-bond acceptors (Lipinski definition) is 4. The van der Waals surface area contributed by atoms with Gasteiger partial charge in [0.25, 0.3) is 0 Å². The number of para-hydroxylation sites is 1. The largest absolute Gasteiger partial charge is 0.496 e. The summed E-state index contributed by atoms with van der Waals surface area (Å²) in [6, 6.07) is 13.4. The zero-order valence-electron chi connectivity index (χ0n) is 23.0. The van der Waals surface area contributed by atoms with E-state index in [1.54, 1.807) is 29.1 Å². The fourth-order valence-corrected chi connectivity index (χ4v) is 6.28. The monoisotopic (exact) mass is 571 g/mol. The van der Waals surface area contributed by atoms with Crippen molar-refractivity contribution in [1.82, 2.24) is 14.7 Å². The van der Waals surface area contributed by atoms with Gasteiger partial charge in [-0.3, -0.25) is 4.79 Å². The van der Waals surface area contributed by atoms with Crippen molar-refractivity contribution in [3.63, 3.8) is 0 Å². The maximum Gasteiger partial charge on any atom is 0.391 e. The molecule has 2 aliphatic rings. The van der Waals surface area contributed by atoms with E-state index in [1.807, 2.05) is 25.1 Å². The Kier molecular flexibility index (Phi) is 8.22. The summed E-state index contributed by atoms with van der Waals surface area (Å²) in [5, 5.41) is 14.9. The van der Waals surface area contributed by atoms with Crippen LogP contribution >= 0.6 is 0 Å². The minimum atomic E-state index is -4.54. The van der Waals surface area contributed by atoms with Crippen LogP contribution in [0.3, 0.4) is 0 Å². The fraction of sp³-hybridized carbons (Fsp3) is 0.419. The third kappa shape index (κ3) is 6.17. The lowest BCUT2D eigenvalue weighted by Crippen LogP contribution is -2.43. The lowest BCUT2D eigenvalue weighted by molar-refractivity contribution is -0.158. The highest BCUT2D eigenvalue weighted by Crippen LogP contribution is 2.47. The highest BCUT2D eigenvalue weighted by Gasteiger charge is 2.41. The third-order valence-electron chi connectivity index (χ3n) is 8.16. The van der Waals surface area contributed by atoms with Crippen molar-refractivity contribution in [3.05, 3.63) is 88.5 Å². The van der Waals surface area contributed by atoms with Crippen molar-refractivity contribution in [2.24, 2.45) is 5.92 Å². The fourth-order valence-electron chi connectivity index (χ4n) is 6.28. The highest BCUT2D eigenvalue weighted by atomic mass is 19.4. The number of methoxy groups -OCH3 is 1. The second-order valence-corrected chi connectivity index (χ2v) is 10.8. The molecule has 1 aromatic heterocycles. The smallest absolute Gasteiger partial charge is 0.391 e. The average Bonchev–Trinajstić information content (AvgIpc) is 3.55. The van der Waals surface area contributed by atoms with E-state index in [0.29, 0.717) is 31.4 Å². The van der Waals surface area contributed by atoms with Crippen LogP contribution in [-0.2, 0) is 17.6 Å². The molecule has 2 aliphatic carbocycles. The standard InChI is InChI=1S/C31H33F4N3O3/c1-19-26-17-36-38(23-10-8-22(32)9-11-23)27(26)15-21-7-12-25(29(19)21)30(40)37(18-24(39)16-31(33,34)35)14-13-20-5-3-4-6-28(20)41-2/h3-6,8-11,17,19,24-25,39H,7,12-16,18H2,1-2H3/t19-,24?,25+/m0/s1. The Bertz CT molecular complexity index is 1430. The molecule has 1 N–H and O–H groups in total. The molecule has 0 bridgehead atoms. The quantitative estimate of drug-likeness (QED) is 0.262. The van der Waals surface area contributed by atoms with Crippen LogP contribution in [0.1, 0.15) is 48.9 Å². The van der Waals surface area contributed by atoms with Crippen molar-refractivity contribution >= 4 is 5.91 Å². The number of allylic oxidation sites excluding steroid dienone is 1. The number of hydrogen-bond donors (Lipinski definition) is 1. The van der Waals surface area contributed by atoms with Crippen LogP contribution in [0.2, 0.25) is 0 Å². The van der Waals surface area contributed by atoms with E-state index in [1.165, 1.54) is 24.1 Å². The van der Waals surface area contributed by atoms with Gasteiger partial charge in [-0.2, -0.15) is 18.3 Å². The second kappa shape index (κ2) is 11.7. The van der Waals surface area contributed by atoms with Gasteiger partial charge in [-0.05, 0) is 55.2 Å². The SMILES string of the molecule is COc1ccccc1CCN(CC(O)CC(F)(F)F)C(=O)[C@@H]1CCC2=C1[C@@H](C)c1cnn(-c3ccc(F)cc3)c1C2. The molecule has 5 rings (SSSR count). The lowest BCUT2D eigenvalue weighted by atomic mass is 9.79. The number of aliphatic hydroxyl groups is 1. The van der Waals surface area contributed by atoms with Gasteiger partial charge in [-0.1, -0.05) is 36.3 Å². The van der Waals surface area contributed by atoms with Gasteiger partial charge in [-0.15, -0.1) is 0 Å². The Morgan fingerprint density at radius 2 is 1.93 bits per heavy atom. The first-order valence-electron chi connectivity index (χ1n) is 13.8. The number of carbonyl (C=O) groups is 1. The number of halogens is 4. The number of benzene rings is 2. The molecule has 2 aromatic carbocycles. The summed E-state index contributed by atoms with van der Waals surface area (Å²) in [5.41, 5.74) is 5.67. The predicted octanol–water partition coefficient (Wildman–Crippen LogP) is 5.77. The molecular weight excluding hydrogens is 538 g/mol. The molecule has 41 heavy (non-hydrogen) atoms. The maximum atomic E-state index is 14.0. The summed E-state index contributed by atoms with van der Waals surface area (Å²) in [6.07, 6.45) is -3.66. The van der Waals surface area contributed by atoms with Gasteiger partial charge in [0.05, 0.1) is 43.1 Å². The number of amides is 1. The van der Waals surface area contributed by atoms with E-state index in [-0.39, 0.29) is 24.2 Å². The number of rotatable bonds is 9. The van der Waals surface area contributed by atoms with Gasteiger partial charge in [0, 0.05) is 31.0 Å². The number of carbonyl (C=O) groups excluding carboxylic acids is 1. The molecule has 0 saturated heterocycles. The normalized spacial score (nSPS) is 19.1. The summed E-state index contributed by atoms with van der Waals surface area (Å²) in [5.74, 6) is -0.574. The number of aliphatic hydroxyl groups excluding tert-OH is 1. The van der Waals surface area contributed by atoms with Gasteiger partial charge in [-0.25, -0.2) is 9.07 Å². The van der Waals surface area contributed by atoms with Crippen LogP contribution in [-0.4, -0.2) is 58.2 Å². The molecular formula is C31H33F4N3O3. The molecule has 1 heterocycles. The molecule has 3 atom stereocenters. The number of nitrogens with zero attached hydrogens (tertiary/aromatic N) is 3. The topological polar surface area (TPSA) is 67.6 Å². The van der Waals surface area contributed by atoms with Crippen LogP contribution in [0.25, 0.3) is 5.69 Å². The van der Waals surface area contributed by atoms with E-state index in [9.17, 15) is 27.5 Å². The average molecular weight is 572 g/mol. The number of ether oxygens (including phenoxy) is 1. The zero-order valence-corrected chi connectivity index (χ0v) is 23.0. The molecule has 0 aliphatic heterocycles. The molecule has 3 aromatic rings. The molecule has 1 unspecified atom stereocenters. The minimum absolute atomic E-state index is 0.115. The van der Waals surface area contributed by atoms with Gasteiger partial charge in [0.1, 0.15) is 11.6 Å². The van der Waals surface area contributed by atoms with Gasteiger partial charge < -0.3 is 14.7 Å². The number of alkyl halides is 3. The minimum Gasteiger partial charge on any atom is -0.496 e. The van der Waals surface area contributed by atoms with Crippen molar-refractivity contribution in [2.45, 2.75) is 57.2 Å². The number of aromatic nitrogens is 2. The lowest BCUT2D eigenvalue weighted by Gasteiger charge is -2.32. The van der Waals surface area contributed by atoms with E-state index in [2.05, 4.69) is 5.10 Å². The maximum absolute atomic E-state index is 14.0. The van der Waals surface area contributed by atoms with Gasteiger partial charge in [0.2, 0.25) is 5.91 Å². The van der Waals surface area contributed by atoms with E-state index >= 15 is 0 Å². The molecule has 0 saturated carbocycles. The van der Waals surface area contributed by atoms with Gasteiger partial charge >= 0.3 is 6.18 Å². The van der Waals surface area contributed by atoms with Crippen LogP contribution in [0.4, 0.5) is 17.6 Å². The predicted molar refractivity (Wildman–Crippen MR) is 145 cm³/mol. The summed E-state index contributed by atoms with van der Waals surface area (Å²) < 4.78 is 59.9.